The van der Waals surface area contributed by atoms with Crippen LogP contribution < -0.4 is 26.4 Å². The number of carbonyl (C=O) groups excluding carboxylic acids is 1. The standard InChI is InChI=1S/C29H41N9O2/c1-40-24-9-5-4-8-23(24)34-29(39)37-16-14-21(15-17-37)32-26-25-27(38(18-31-25)22-6-2-3-7-22)36-28(35-26)33-20-12-10-19(30)11-13-20/h4-5,8-9,18-22H,2-3,6-7,10-17,30H2,1H3,(H,34,39)(H2,32,33,35,36). The van der Waals surface area contributed by atoms with E-state index >= 15 is 0 Å². The molecule has 2 aliphatic carbocycles. The maximum absolute atomic E-state index is 12.9. The van der Waals surface area contributed by atoms with Crippen LogP contribution in [0.15, 0.2) is 30.6 Å². The van der Waals surface area contributed by atoms with E-state index in [1.807, 2.05) is 35.5 Å². The predicted molar refractivity (Wildman–Crippen MR) is 157 cm³/mol. The van der Waals surface area contributed by atoms with Gasteiger partial charge in [-0.1, -0.05) is 25.0 Å². The zero-order chi connectivity index (χ0) is 27.5. The highest BCUT2D eigenvalue weighted by Crippen LogP contribution is 2.34. The molecule has 0 spiro atoms. The Hall–Kier alpha value is -3.60. The van der Waals surface area contributed by atoms with Crippen molar-refractivity contribution in [2.24, 2.45) is 5.73 Å². The lowest BCUT2D eigenvalue weighted by Gasteiger charge is -2.33. The molecular weight excluding hydrogens is 506 g/mol. The number of likely N-dealkylation sites (tertiary alicyclic amines) is 1. The number of para-hydroxylation sites is 2. The van der Waals surface area contributed by atoms with Gasteiger partial charge in [0.15, 0.2) is 17.0 Å². The number of nitrogens with two attached hydrogens (primary N) is 1. The first-order valence-corrected chi connectivity index (χ1v) is 14.8. The molecule has 3 aliphatic rings. The van der Waals surface area contributed by atoms with Crippen LogP contribution in [0.5, 0.6) is 5.75 Å². The molecule has 0 unspecified atom stereocenters. The van der Waals surface area contributed by atoms with Crippen molar-refractivity contribution in [3.63, 3.8) is 0 Å². The number of amides is 2. The van der Waals surface area contributed by atoms with Gasteiger partial charge in [-0.3, -0.25) is 0 Å². The Morgan fingerprint density at radius 2 is 1.68 bits per heavy atom. The molecule has 3 heterocycles. The molecule has 5 N–H and O–H groups in total. The number of nitrogens with one attached hydrogen (secondary N) is 3. The van der Waals surface area contributed by atoms with Crippen molar-refractivity contribution in [1.82, 2.24) is 24.4 Å². The van der Waals surface area contributed by atoms with Crippen LogP contribution >= 0.6 is 0 Å². The normalized spacial score (nSPS) is 22.4. The molecule has 6 rings (SSSR count). The van der Waals surface area contributed by atoms with E-state index in [1.54, 1.807) is 7.11 Å². The van der Waals surface area contributed by atoms with Crippen LogP contribution in [0.4, 0.5) is 22.2 Å². The van der Waals surface area contributed by atoms with Crippen LogP contribution in [0.3, 0.4) is 0 Å². The predicted octanol–water partition coefficient (Wildman–Crippen LogP) is 4.74. The Labute approximate surface area is 235 Å². The van der Waals surface area contributed by atoms with Crippen molar-refractivity contribution in [1.29, 1.82) is 0 Å². The minimum absolute atomic E-state index is 0.110. The average Bonchev–Trinajstić information content (AvgIpc) is 3.65. The summed E-state index contributed by atoms with van der Waals surface area (Å²) in [5.41, 5.74) is 8.53. The van der Waals surface area contributed by atoms with Crippen LogP contribution in [0.1, 0.15) is 70.3 Å². The molecule has 0 bridgehead atoms. The Balaban J connectivity index is 1.15. The second-order valence-corrected chi connectivity index (χ2v) is 11.5. The van der Waals surface area contributed by atoms with Crippen molar-refractivity contribution in [3.8, 4) is 5.75 Å². The summed E-state index contributed by atoms with van der Waals surface area (Å²) in [7, 11) is 1.61. The molecule has 0 radical (unpaired) electrons. The number of urea groups is 1. The zero-order valence-electron chi connectivity index (χ0n) is 23.3. The number of hydrogen-bond donors (Lipinski definition) is 4. The lowest BCUT2D eigenvalue weighted by molar-refractivity contribution is 0.197. The van der Waals surface area contributed by atoms with Gasteiger partial charge in [0.1, 0.15) is 5.75 Å². The molecule has 3 aromatic rings. The number of aromatic nitrogens is 4. The summed E-state index contributed by atoms with van der Waals surface area (Å²) in [4.78, 5) is 29.5. The van der Waals surface area contributed by atoms with Gasteiger partial charge in [-0.15, -0.1) is 0 Å². The van der Waals surface area contributed by atoms with Crippen LogP contribution in [0.25, 0.3) is 11.2 Å². The summed E-state index contributed by atoms with van der Waals surface area (Å²) in [5.74, 6) is 2.08. The Morgan fingerprint density at radius 3 is 2.42 bits per heavy atom. The van der Waals surface area contributed by atoms with Gasteiger partial charge in [-0.2, -0.15) is 9.97 Å². The van der Waals surface area contributed by atoms with E-state index in [0.717, 1.165) is 68.3 Å². The largest absolute Gasteiger partial charge is 0.495 e. The smallest absolute Gasteiger partial charge is 0.321 e. The van der Waals surface area contributed by atoms with Crippen LogP contribution in [-0.4, -0.2) is 68.8 Å². The number of carbonyl (C=O) groups is 1. The molecule has 1 saturated heterocycles. The number of fused-ring (bicyclic) bond motifs is 1. The molecule has 0 atom stereocenters. The maximum Gasteiger partial charge on any atom is 0.321 e. The molecule has 2 amide bonds. The minimum Gasteiger partial charge on any atom is -0.495 e. The summed E-state index contributed by atoms with van der Waals surface area (Å²) in [6.45, 7) is 1.30. The highest BCUT2D eigenvalue weighted by atomic mass is 16.5. The molecule has 11 heteroatoms. The number of imidazole rings is 1. The number of nitrogens with zero attached hydrogens (tertiary/aromatic N) is 5. The first-order valence-electron chi connectivity index (χ1n) is 14.8. The van der Waals surface area contributed by atoms with Gasteiger partial charge in [-0.25, -0.2) is 9.78 Å². The first-order chi connectivity index (χ1) is 19.6. The zero-order valence-corrected chi connectivity index (χ0v) is 23.3. The van der Waals surface area contributed by atoms with Gasteiger partial charge in [0.2, 0.25) is 5.95 Å². The summed E-state index contributed by atoms with van der Waals surface area (Å²) in [6.07, 6.45) is 12.5. The van der Waals surface area contributed by atoms with Gasteiger partial charge in [-0.05, 0) is 63.5 Å². The van der Waals surface area contributed by atoms with Crippen LogP contribution in [0.2, 0.25) is 0 Å². The monoisotopic (exact) mass is 547 g/mol. The lowest BCUT2D eigenvalue weighted by atomic mass is 9.92. The summed E-state index contributed by atoms with van der Waals surface area (Å²) >= 11 is 0. The number of rotatable bonds is 7. The Morgan fingerprint density at radius 1 is 0.950 bits per heavy atom. The summed E-state index contributed by atoms with van der Waals surface area (Å²) in [6, 6.07) is 8.61. The second kappa shape index (κ2) is 11.9. The number of hydrogen-bond acceptors (Lipinski definition) is 8. The van der Waals surface area contributed by atoms with E-state index in [9.17, 15) is 4.79 Å². The fourth-order valence-electron chi connectivity index (χ4n) is 6.34. The van der Waals surface area contributed by atoms with E-state index in [1.165, 1.54) is 12.8 Å². The molecule has 214 valence electrons. The number of anilines is 3. The summed E-state index contributed by atoms with van der Waals surface area (Å²) in [5, 5.41) is 10.3. The topological polar surface area (TPSA) is 135 Å². The SMILES string of the molecule is COc1ccccc1NC(=O)N1CCC(Nc2nc(NC3CCC(N)CC3)nc3c2ncn3C2CCCC2)CC1. The van der Waals surface area contributed by atoms with Crippen molar-refractivity contribution in [3.05, 3.63) is 30.6 Å². The van der Waals surface area contributed by atoms with Gasteiger partial charge < -0.3 is 35.9 Å². The lowest BCUT2D eigenvalue weighted by Crippen LogP contribution is -2.44. The Kier molecular flexibility index (Phi) is 7.90. The quantitative estimate of drug-likeness (QED) is 0.333. The highest BCUT2D eigenvalue weighted by Gasteiger charge is 2.27. The van der Waals surface area contributed by atoms with E-state index < -0.39 is 0 Å². The molecule has 1 aliphatic heterocycles. The third-order valence-corrected chi connectivity index (χ3v) is 8.72. The summed E-state index contributed by atoms with van der Waals surface area (Å²) < 4.78 is 7.63. The molecule has 3 fully saturated rings. The molecular formula is C29H41N9O2. The first kappa shape index (κ1) is 26.6. The number of ether oxygens (including phenoxy) is 1. The third kappa shape index (κ3) is 5.79. The van der Waals surface area contributed by atoms with Crippen LogP contribution in [0, 0.1) is 0 Å². The molecule has 11 nitrogen and oxygen atoms in total. The van der Waals surface area contributed by atoms with Crippen molar-refractivity contribution >= 4 is 34.6 Å². The number of piperidine rings is 1. The number of benzene rings is 1. The van der Waals surface area contributed by atoms with Gasteiger partial charge in [0, 0.05) is 37.3 Å². The van der Waals surface area contributed by atoms with Crippen molar-refractivity contribution in [2.45, 2.75) is 88.4 Å². The van der Waals surface area contributed by atoms with Gasteiger partial charge >= 0.3 is 6.03 Å². The van der Waals surface area contributed by atoms with Gasteiger partial charge in [0.25, 0.3) is 0 Å². The number of methoxy groups -OCH3 is 1. The maximum atomic E-state index is 12.9. The van der Waals surface area contributed by atoms with Crippen LogP contribution in [-0.2, 0) is 0 Å². The van der Waals surface area contributed by atoms with Crippen molar-refractivity contribution in [2.75, 3.05) is 36.1 Å². The molecule has 2 aromatic heterocycles. The van der Waals surface area contributed by atoms with Crippen molar-refractivity contribution < 1.29 is 9.53 Å². The molecule has 1 aromatic carbocycles. The van der Waals surface area contributed by atoms with E-state index in [0.29, 0.717) is 48.6 Å². The minimum atomic E-state index is -0.110. The van der Waals surface area contributed by atoms with E-state index in [2.05, 4.69) is 20.5 Å². The van der Waals surface area contributed by atoms with E-state index in [-0.39, 0.29) is 12.1 Å². The highest BCUT2D eigenvalue weighted by molar-refractivity contribution is 5.91. The molecule has 40 heavy (non-hydrogen) atoms. The van der Waals surface area contributed by atoms with E-state index in [4.69, 9.17) is 25.4 Å². The average molecular weight is 548 g/mol. The Bertz CT molecular complexity index is 1310. The fraction of sp³-hybridized carbons (Fsp3) is 0.586. The fourth-order valence-corrected chi connectivity index (χ4v) is 6.34. The van der Waals surface area contributed by atoms with Gasteiger partial charge in [0.05, 0.1) is 19.1 Å². The second-order valence-electron chi connectivity index (χ2n) is 11.5. The molecule has 2 saturated carbocycles. The third-order valence-electron chi connectivity index (χ3n) is 8.72.